The van der Waals surface area contributed by atoms with Gasteiger partial charge in [0.2, 0.25) is 0 Å². The number of aromatic nitrogens is 1. The molecule has 0 fully saturated rings. The summed E-state index contributed by atoms with van der Waals surface area (Å²) in [5, 5.41) is 3.70. The highest BCUT2D eigenvalue weighted by Gasteiger charge is 2.11. The zero-order valence-electron chi connectivity index (χ0n) is 19.6. The summed E-state index contributed by atoms with van der Waals surface area (Å²) in [6.07, 6.45) is 1.37. The minimum absolute atomic E-state index is 0.120. The first kappa shape index (κ1) is 24.9. The van der Waals surface area contributed by atoms with Crippen LogP contribution in [0.15, 0.2) is 117 Å². The van der Waals surface area contributed by atoms with Crippen molar-refractivity contribution in [3.05, 3.63) is 112 Å². The van der Waals surface area contributed by atoms with Crippen molar-refractivity contribution >= 4 is 60.7 Å². The number of carbonyl (C=O) groups is 1. The first-order valence-corrected chi connectivity index (χ1v) is 13.1. The van der Waals surface area contributed by atoms with Gasteiger partial charge in [-0.3, -0.25) is 4.79 Å². The summed E-state index contributed by atoms with van der Waals surface area (Å²) in [7, 11) is 0. The van der Waals surface area contributed by atoms with Crippen LogP contribution >= 0.6 is 31.9 Å². The van der Waals surface area contributed by atoms with Gasteiger partial charge in [0.25, 0.3) is 5.91 Å². The van der Waals surface area contributed by atoms with E-state index in [0.717, 1.165) is 47.9 Å². The highest BCUT2D eigenvalue weighted by molar-refractivity contribution is 9.10. The Bertz CT molecular complexity index is 1590. The van der Waals surface area contributed by atoms with Crippen LogP contribution in [0.25, 0.3) is 33.3 Å². The van der Waals surface area contributed by atoms with Gasteiger partial charge in [0.15, 0.2) is 6.61 Å². The van der Waals surface area contributed by atoms with E-state index >= 15 is 0 Å². The van der Waals surface area contributed by atoms with Crippen molar-refractivity contribution in [1.82, 2.24) is 10.3 Å². The lowest BCUT2D eigenvalue weighted by molar-refractivity contribution is -0.121. The van der Waals surface area contributed by atoms with Crippen molar-refractivity contribution in [2.24, 2.45) is 4.99 Å². The lowest BCUT2D eigenvalue weighted by atomic mass is 9.98. The number of hydrogen-bond acceptors (Lipinski definition) is 4. The summed E-state index contributed by atoms with van der Waals surface area (Å²) in [4.78, 5) is 21.2. The summed E-state index contributed by atoms with van der Waals surface area (Å²) in [6.45, 7) is -0.120. The second kappa shape index (κ2) is 11.5. The molecule has 37 heavy (non-hydrogen) atoms. The van der Waals surface area contributed by atoms with Gasteiger partial charge in [-0.25, -0.2) is 9.98 Å². The maximum atomic E-state index is 12.1. The molecule has 4 aromatic carbocycles. The summed E-state index contributed by atoms with van der Waals surface area (Å²) >= 11 is 6.98. The highest BCUT2D eigenvalue weighted by atomic mass is 79.9. The van der Waals surface area contributed by atoms with Crippen LogP contribution in [0.3, 0.4) is 0 Å². The molecule has 0 bridgehead atoms. The van der Waals surface area contributed by atoms with E-state index in [0.29, 0.717) is 5.75 Å². The number of rotatable bonds is 7. The molecule has 1 heterocycles. The van der Waals surface area contributed by atoms with Crippen molar-refractivity contribution in [2.75, 3.05) is 6.61 Å². The quantitative estimate of drug-likeness (QED) is 0.149. The Morgan fingerprint density at radius 3 is 2.41 bits per heavy atom. The molecule has 0 unspecified atom stereocenters. The zero-order chi connectivity index (χ0) is 25.6. The van der Waals surface area contributed by atoms with E-state index < -0.39 is 0 Å². The fraction of sp³-hybridized carbons (Fsp3) is 0.0333. The lowest BCUT2D eigenvalue weighted by Crippen LogP contribution is -2.27. The molecular weight excluding hydrogens is 594 g/mol. The van der Waals surface area contributed by atoms with Gasteiger partial charge in [-0.15, -0.1) is 0 Å². The van der Waals surface area contributed by atoms with Crippen molar-refractivity contribution in [2.45, 2.75) is 0 Å². The number of hydrogen-bond donors (Lipinski definition) is 1. The molecule has 5 rings (SSSR count). The average molecular weight is 615 g/mol. The highest BCUT2D eigenvalue weighted by Crippen LogP contribution is 2.34. The van der Waals surface area contributed by atoms with E-state index in [1.165, 1.54) is 6.34 Å². The van der Waals surface area contributed by atoms with Crippen molar-refractivity contribution in [1.29, 1.82) is 0 Å². The summed E-state index contributed by atoms with van der Waals surface area (Å²) in [5.41, 5.74) is 5.71. The number of ether oxygens (including phenoxy) is 1. The Morgan fingerprint density at radius 1 is 0.838 bits per heavy atom. The van der Waals surface area contributed by atoms with Crippen molar-refractivity contribution in [3.8, 4) is 28.1 Å². The van der Waals surface area contributed by atoms with Crippen LogP contribution < -0.4 is 10.1 Å². The number of aliphatic imine (C=N–C) groups is 1. The number of nitrogens with zero attached hydrogens (tertiary/aromatic N) is 2. The van der Waals surface area contributed by atoms with E-state index in [1.54, 1.807) is 0 Å². The maximum Gasteiger partial charge on any atom is 0.263 e. The molecule has 5 aromatic rings. The van der Waals surface area contributed by atoms with E-state index in [2.05, 4.69) is 66.4 Å². The largest absolute Gasteiger partial charge is 0.484 e. The summed E-state index contributed by atoms with van der Waals surface area (Å²) in [5.74, 6) is 0.300. The molecule has 0 saturated carbocycles. The predicted octanol–water partition coefficient (Wildman–Crippen LogP) is 7.95. The van der Waals surface area contributed by atoms with Crippen molar-refractivity contribution < 1.29 is 9.53 Å². The molecule has 0 radical (unpaired) electrons. The molecule has 0 atom stereocenters. The monoisotopic (exact) mass is 613 g/mol. The number of halogens is 2. The van der Waals surface area contributed by atoms with Crippen LogP contribution in [0.2, 0.25) is 0 Å². The van der Waals surface area contributed by atoms with Gasteiger partial charge in [0.05, 0.1) is 23.2 Å². The Morgan fingerprint density at radius 2 is 1.62 bits per heavy atom. The van der Waals surface area contributed by atoms with E-state index in [9.17, 15) is 4.79 Å². The molecule has 0 aliphatic rings. The second-order valence-corrected chi connectivity index (χ2v) is 10.0. The van der Waals surface area contributed by atoms with Gasteiger partial charge in [-0.05, 0) is 77.9 Å². The Labute approximate surface area is 231 Å². The minimum atomic E-state index is -0.294. The number of amides is 1. The normalized spacial score (nSPS) is 11.1. The van der Waals surface area contributed by atoms with Crippen LogP contribution in [-0.4, -0.2) is 23.8 Å². The molecule has 182 valence electrons. The van der Waals surface area contributed by atoms with Crippen LogP contribution in [0.4, 0.5) is 5.69 Å². The number of benzene rings is 4. The van der Waals surface area contributed by atoms with Gasteiger partial charge in [0.1, 0.15) is 5.75 Å². The molecule has 0 saturated heterocycles. The zero-order valence-corrected chi connectivity index (χ0v) is 22.7. The van der Waals surface area contributed by atoms with Crippen LogP contribution in [0.1, 0.15) is 0 Å². The van der Waals surface area contributed by atoms with E-state index in [1.807, 2.05) is 78.9 Å². The maximum absolute atomic E-state index is 12.1. The fourth-order valence-electron chi connectivity index (χ4n) is 3.85. The first-order chi connectivity index (χ1) is 18.0. The number of nitrogens with one attached hydrogen (secondary N) is 1. The summed E-state index contributed by atoms with van der Waals surface area (Å²) in [6, 6.07) is 33.6. The molecule has 1 N–H and O–H groups in total. The SMILES string of the molecule is O=C(COc1ccc(-c2cc(-c3ccccc3)c3cc(Br)ccc3n2)cc1)NC=Nc1cccc(Br)c1. The molecular formula is C30H21Br2N3O2. The smallest absolute Gasteiger partial charge is 0.263 e. The van der Waals surface area contributed by atoms with E-state index in [-0.39, 0.29) is 12.5 Å². The standard InChI is InChI=1S/C30H21Br2N3O2/c31-22-7-4-8-24(15-22)33-19-34-30(36)18-37-25-12-9-21(10-13-25)29-17-26(20-5-2-1-3-6-20)27-16-23(32)11-14-28(27)35-29/h1-17,19H,18H2,(H,33,34,36). The molecule has 7 heteroatoms. The molecule has 0 aliphatic heterocycles. The summed E-state index contributed by atoms with van der Waals surface area (Å²) < 4.78 is 7.58. The van der Waals surface area contributed by atoms with Crippen LogP contribution in [0, 0.1) is 0 Å². The van der Waals surface area contributed by atoms with Crippen molar-refractivity contribution in [3.63, 3.8) is 0 Å². The van der Waals surface area contributed by atoms with Gasteiger partial charge in [0, 0.05) is 19.9 Å². The topological polar surface area (TPSA) is 63.6 Å². The molecule has 5 nitrogen and oxygen atoms in total. The molecule has 1 amide bonds. The minimum Gasteiger partial charge on any atom is -0.484 e. The Hall–Kier alpha value is -3.81. The van der Waals surface area contributed by atoms with Crippen LogP contribution in [-0.2, 0) is 4.79 Å². The van der Waals surface area contributed by atoms with Gasteiger partial charge >= 0.3 is 0 Å². The number of carbonyl (C=O) groups excluding carboxylic acids is 1. The first-order valence-electron chi connectivity index (χ1n) is 11.5. The second-order valence-electron chi connectivity index (χ2n) is 8.20. The third-order valence-electron chi connectivity index (χ3n) is 5.62. The molecule has 1 aromatic heterocycles. The number of fused-ring (bicyclic) bond motifs is 1. The van der Waals surface area contributed by atoms with Crippen LogP contribution in [0.5, 0.6) is 5.75 Å². The third-order valence-corrected chi connectivity index (χ3v) is 6.61. The Kier molecular flexibility index (Phi) is 7.73. The van der Waals surface area contributed by atoms with E-state index in [4.69, 9.17) is 9.72 Å². The third kappa shape index (κ3) is 6.31. The fourth-order valence-corrected chi connectivity index (χ4v) is 4.60. The average Bonchev–Trinajstić information content (AvgIpc) is 2.92. The van der Waals surface area contributed by atoms with Gasteiger partial charge < -0.3 is 10.1 Å². The Balaban J connectivity index is 1.29. The lowest BCUT2D eigenvalue weighted by Gasteiger charge is -2.11. The molecule has 0 aliphatic carbocycles. The predicted molar refractivity (Wildman–Crippen MR) is 156 cm³/mol. The molecule has 0 spiro atoms. The van der Waals surface area contributed by atoms with Gasteiger partial charge in [-0.2, -0.15) is 0 Å². The number of pyridine rings is 1. The van der Waals surface area contributed by atoms with Gasteiger partial charge in [-0.1, -0.05) is 68.3 Å².